The largest absolute Gasteiger partial charge is 0.497 e. The van der Waals surface area contributed by atoms with Crippen LogP contribution in [0.3, 0.4) is 0 Å². The van der Waals surface area contributed by atoms with E-state index in [-0.39, 0.29) is 0 Å². The molecule has 2 aliphatic heterocycles. The van der Waals surface area contributed by atoms with Gasteiger partial charge in [-0.3, -0.25) is 4.90 Å². The van der Waals surface area contributed by atoms with Crippen LogP contribution in [0.5, 0.6) is 5.75 Å². The maximum absolute atomic E-state index is 6.17. The lowest BCUT2D eigenvalue weighted by Gasteiger charge is -2.29. The molecule has 2 heterocycles. The van der Waals surface area contributed by atoms with E-state index in [9.17, 15) is 0 Å². The van der Waals surface area contributed by atoms with Crippen molar-refractivity contribution in [3.05, 3.63) is 64.7 Å². The summed E-state index contributed by atoms with van der Waals surface area (Å²) in [5, 5.41) is 0. The summed E-state index contributed by atoms with van der Waals surface area (Å²) in [5.41, 5.74) is 5.43. The van der Waals surface area contributed by atoms with Crippen molar-refractivity contribution in [2.24, 2.45) is 0 Å². The van der Waals surface area contributed by atoms with Crippen molar-refractivity contribution < 1.29 is 9.47 Å². The van der Waals surface area contributed by atoms with Crippen LogP contribution in [0.1, 0.15) is 28.2 Å². The first-order valence-electron chi connectivity index (χ1n) is 8.30. The molecule has 1 fully saturated rings. The number of methoxy groups -OCH3 is 1. The van der Waals surface area contributed by atoms with Gasteiger partial charge in [0.2, 0.25) is 0 Å². The van der Waals surface area contributed by atoms with Crippen LogP contribution in [-0.4, -0.2) is 31.2 Å². The summed E-state index contributed by atoms with van der Waals surface area (Å²) < 4.78 is 11.6. The minimum Gasteiger partial charge on any atom is -0.497 e. The molecular formula is C20H23NO2. The fraction of sp³-hybridized carbons (Fsp3) is 0.400. The number of aryl methyl sites for hydroxylation is 1. The first-order chi connectivity index (χ1) is 11.2. The highest BCUT2D eigenvalue weighted by molar-refractivity contribution is 5.45. The number of nitrogens with zero attached hydrogens (tertiary/aromatic N) is 1. The minimum atomic E-state index is 0.303. The van der Waals surface area contributed by atoms with Gasteiger partial charge >= 0.3 is 0 Å². The third kappa shape index (κ3) is 2.75. The molecule has 0 aromatic heterocycles. The SMILES string of the molecule is COc1cc(C)c2c(c1)[C@@H]1CN(Cc3ccccc3)C[C@H]1OC2. The Balaban J connectivity index is 1.58. The molecule has 0 spiro atoms. The average molecular weight is 309 g/mol. The number of hydrogen-bond acceptors (Lipinski definition) is 3. The lowest BCUT2D eigenvalue weighted by atomic mass is 9.87. The Kier molecular flexibility index (Phi) is 3.83. The van der Waals surface area contributed by atoms with Gasteiger partial charge in [-0.25, -0.2) is 0 Å². The monoisotopic (exact) mass is 309 g/mol. The van der Waals surface area contributed by atoms with Crippen LogP contribution in [0.25, 0.3) is 0 Å². The van der Waals surface area contributed by atoms with E-state index in [0.29, 0.717) is 12.0 Å². The first kappa shape index (κ1) is 14.7. The summed E-state index contributed by atoms with van der Waals surface area (Å²) in [6.45, 7) is 5.94. The summed E-state index contributed by atoms with van der Waals surface area (Å²) in [6.07, 6.45) is 0.303. The van der Waals surface area contributed by atoms with Gasteiger partial charge in [-0.1, -0.05) is 30.3 Å². The maximum Gasteiger partial charge on any atom is 0.119 e. The fourth-order valence-corrected chi connectivity index (χ4v) is 3.94. The van der Waals surface area contributed by atoms with Crippen LogP contribution >= 0.6 is 0 Å². The maximum atomic E-state index is 6.17. The average Bonchev–Trinajstić information content (AvgIpc) is 2.98. The molecule has 0 saturated carbocycles. The van der Waals surface area contributed by atoms with Gasteiger partial charge in [-0.05, 0) is 41.3 Å². The van der Waals surface area contributed by atoms with E-state index in [1.807, 2.05) is 0 Å². The van der Waals surface area contributed by atoms with E-state index in [4.69, 9.17) is 9.47 Å². The fourth-order valence-electron chi connectivity index (χ4n) is 3.94. The Morgan fingerprint density at radius 1 is 1.17 bits per heavy atom. The lowest BCUT2D eigenvalue weighted by Crippen LogP contribution is -2.27. The number of hydrogen-bond donors (Lipinski definition) is 0. The molecule has 2 aliphatic rings. The predicted octanol–water partition coefficient (Wildman–Crippen LogP) is 3.50. The van der Waals surface area contributed by atoms with Crippen LogP contribution in [0.2, 0.25) is 0 Å². The van der Waals surface area contributed by atoms with Crippen molar-refractivity contribution in [1.82, 2.24) is 4.90 Å². The number of likely N-dealkylation sites (tertiary alicyclic amines) is 1. The lowest BCUT2D eigenvalue weighted by molar-refractivity contribution is 0.0245. The van der Waals surface area contributed by atoms with E-state index in [0.717, 1.165) is 32.0 Å². The van der Waals surface area contributed by atoms with Crippen molar-refractivity contribution in [2.75, 3.05) is 20.2 Å². The van der Waals surface area contributed by atoms with Crippen LogP contribution in [0.15, 0.2) is 42.5 Å². The number of rotatable bonds is 3. The molecule has 0 unspecified atom stereocenters. The quantitative estimate of drug-likeness (QED) is 0.866. The van der Waals surface area contributed by atoms with Gasteiger partial charge in [-0.2, -0.15) is 0 Å². The molecule has 0 aliphatic carbocycles. The van der Waals surface area contributed by atoms with Gasteiger partial charge in [0.05, 0.1) is 19.8 Å². The molecule has 3 heteroatoms. The molecule has 0 bridgehead atoms. The first-order valence-corrected chi connectivity index (χ1v) is 8.30. The Morgan fingerprint density at radius 2 is 2.00 bits per heavy atom. The zero-order valence-electron chi connectivity index (χ0n) is 13.8. The third-order valence-corrected chi connectivity index (χ3v) is 5.15. The molecule has 2 atom stereocenters. The smallest absolute Gasteiger partial charge is 0.119 e. The summed E-state index contributed by atoms with van der Waals surface area (Å²) in [4.78, 5) is 2.51. The molecule has 2 aromatic rings. The molecular weight excluding hydrogens is 286 g/mol. The van der Waals surface area contributed by atoms with Crippen LogP contribution in [0, 0.1) is 6.92 Å². The Morgan fingerprint density at radius 3 is 2.78 bits per heavy atom. The van der Waals surface area contributed by atoms with E-state index < -0.39 is 0 Å². The molecule has 2 aromatic carbocycles. The highest BCUT2D eigenvalue weighted by Gasteiger charge is 2.39. The molecule has 0 N–H and O–H groups in total. The van der Waals surface area contributed by atoms with Crippen molar-refractivity contribution >= 4 is 0 Å². The van der Waals surface area contributed by atoms with E-state index >= 15 is 0 Å². The molecule has 3 nitrogen and oxygen atoms in total. The number of benzene rings is 2. The van der Waals surface area contributed by atoms with E-state index in [2.05, 4.69) is 54.3 Å². The van der Waals surface area contributed by atoms with Gasteiger partial charge in [0, 0.05) is 25.6 Å². The van der Waals surface area contributed by atoms with Gasteiger partial charge in [-0.15, -0.1) is 0 Å². The van der Waals surface area contributed by atoms with E-state index in [1.54, 1.807) is 7.11 Å². The molecule has 23 heavy (non-hydrogen) atoms. The van der Waals surface area contributed by atoms with Crippen LogP contribution in [0.4, 0.5) is 0 Å². The normalized spacial score (nSPS) is 23.4. The molecule has 1 saturated heterocycles. The van der Waals surface area contributed by atoms with Crippen LogP contribution < -0.4 is 4.74 Å². The van der Waals surface area contributed by atoms with Crippen molar-refractivity contribution in [3.63, 3.8) is 0 Å². The van der Waals surface area contributed by atoms with Crippen molar-refractivity contribution in [3.8, 4) is 5.75 Å². The summed E-state index contributed by atoms with van der Waals surface area (Å²) >= 11 is 0. The van der Waals surface area contributed by atoms with Gasteiger partial charge < -0.3 is 9.47 Å². The van der Waals surface area contributed by atoms with Crippen molar-refractivity contribution in [1.29, 1.82) is 0 Å². The predicted molar refractivity (Wildman–Crippen MR) is 90.8 cm³/mol. The second kappa shape index (κ2) is 5.99. The Bertz CT molecular complexity index is 698. The highest BCUT2D eigenvalue weighted by Crippen LogP contribution is 2.40. The topological polar surface area (TPSA) is 21.7 Å². The highest BCUT2D eigenvalue weighted by atomic mass is 16.5. The van der Waals surface area contributed by atoms with Gasteiger partial charge in [0.25, 0.3) is 0 Å². The standard InChI is InChI=1S/C20H23NO2/c1-14-8-16(22-2)9-17-18-11-21(10-15-6-4-3-5-7-15)12-20(18)23-13-19(14)17/h3-9,18,20H,10-13H2,1-2H3/t18-,20+/m0/s1. The number of ether oxygens (including phenoxy) is 2. The summed E-state index contributed by atoms with van der Waals surface area (Å²) in [5.74, 6) is 1.42. The zero-order valence-corrected chi connectivity index (χ0v) is 13.8. The van der Waals surface area contributed by atoms with Gasteiger partial charge in [0.1, 0.15) is 5.75 Å². The molecule has 4 rings (SSSR count). The summed E-state index contributed by atoms with van der Waals surface area (Å²) in [6, 6.07) is 15.0. The van der Waals surface area contributed by atoms with E-state index in [1.165, 1.54) is 22.3 Å². The zero-order chi connectivity index (χ0) is 15.8. The second-order valence-electron chi connectivity index (χ2n) is 6.65. The second-order valence-corrected chi connectivity index (χ2v) is 6.65. The number of fused-ring (bicyclic) bond motifs is 3. The molecule has 0 amide bonds. The minimum absolute atomic E-state index is 0.303. The Hall–Kier alpha value is -1.84. The van der Waals surface area contributed by atoms with Crippen LogP contribution in [-0.2, 0) is 17.9 Å². The van der Waals surface area contributed by atoms with Crippen molar-refractivity contribution in [2.45, 2.75) is 32.1 Å². The molecule has 120 valence electrons. The third-order valence-electron chi connectivity index (χ3n) is 5.15. The molecule has 0 radical (unpaired) electrons. The van der Waals surface area contributed by atoms with Gasteiger partial charge in [0.15, 0.2) is 0 Å². The Labute approximate surface area is 137 Å². The summed E-state index contributed by atoms with van der Waals surface area (Å²) in [7, 11) is 1.74.